The summed E-state index contributed by atoms with van der Waals surface area (Å²) in [6, 6.07) is 0. The molecule has 2 atom stereocenters. The first-order chi connectivity index (χ1) is 10.8. The predicted octanol–water partition coefficient (Wildman–Crippen LogP) is 3.77. The van der Waals surface area contributed by atoms with Crippen LogP contribution in [0.25, 0.3) is 0 Å². The molecule has 0 unspecified atom stereocenters. The van der Waals surface area contributed by atoms with E-state index < -0.39 is 32.0 Å². The van der Waals surface area contributed by atoms with E-state index in [-0.39, 0.29) is 30.3 Å². The Morgan fingerprint density at radius 1 is 1.38 bits per heavy atom. The molecular formula is C16H28ClNO5Si. The third-order valence-corrected chi connectivity index (χ3v) is 10.0. The Kier molecular flexibility index (Phi) is 6.17. The molecule has 6 nitrogen and oxygen atoms in total. The van der Waals surface area contributed by atoms with E-state index in [0.717, 1.165) is 4.90 Å². The van der Waals surface area contributed by atoms with E-state index in [9.17, 15) is 19.8 Å². The van der Waals surface area contributed by atoms with Crippen LogP contribution in [0.1, 0.15) is 33.6 Å². The van der Waals surface area contributed by atoms with Crippen molar-refractivity contribution in [1.29, 1.82) is 0 Å². The number of likely N-dealkylation sites (tertiary alicyclic amines) is 1. The molecule has 1 rings (SSSR count). The number of carboxylic acids is 1. The summed E-state index contributed by atoms with van der Waals surface area (Å²) in [7, 11) is -2.14. The quantitative estimate of drug-likeness (QED) is 0.418. The Morgan fingerprint density at radius 2 is 1.92 bits per heavy atom. The molecule has 0 aliphatic carbocycles. The van der Waals surface area contributed by atoms with E-state index in [1.165, 1.54) is 0 Å². The van der Waals surface area contributed by atoms with Gasteiger partial charge in [-0.2, -0.15) is 0 Å². The first-order valence-corrected chi connectivity index (χ1v) is 11.4. The SMILES string of the molecule is C=C(CCl)C[C@@]1(C(=O)O)C[C@H](O[Si](C)(C)C(C)(C)C)CN1C(=O)O. The molecule has 0 aromatic heterocycles. The maximum atomic E-state index is 12.0. The van der Waals surface area contributed by atoms with Gasteiger partial charge in [-0.1, -0.05) is 32.9 Å². The second-order valence-corrected chi connectivity index (χ2v) is 13.0. The normalized spacial score (nSPS) is 24.9. The largest absolute Gasteiger partial charge is 0.479 e. The van der Waals surface area contributed by atoms with Crippen molar-refractivity contribution in [3.05, 3.63) is 12.2 Å². The van der Waals surface area contributed by atoms with Crippen molar-refractivity contribution in [3.8, 4) is 0 Å². The lowest BCUT2D eigenvalue weighted by atomic mass is 9.88. The molecule has 24 heavy (non-hydrogen) atoms. The van der Waals surface area contributed by atoms with Gasteiger partial charge < -0.3 is 14.6 Å². The zero-order valence-electron chi connectivity index (χ0n) is 15.1. The summed E-state index contributed by atoms with van der Waals surface area (Å²) in [5, 5.41) is 19.2. The van der Waals surface area contributed by atoms with Crippen molar-refractivity contribution in [2.75, 3.05) is 12.4 Å². The molecule has 0 saturated carbocycles. The lowest BCUT2D eigenvalue weighted by Gasteiger charge is -2.38. The van der Waals surface area contributed by atoms with Crippen LogP contribution in [0.4, 0.5) is 4.79 Å². The predicted molar refractivity (Wildman–Crippen MR) is 96.3 cm³/mol. The summed E-state index contributed by atoms with van der Waals surface area (Å²) in [6.07, 6.45) is -1.60. The highest BCUT2D eigenvalue weighted by Crippen LogP contribution is 2.42. The smallest absolute Gasteiger partial charge is 0.408 e. The Labute approximate surface area is 149 Å². The fourth-order valence-electron chi connectivity index (χ4n) is 2.77. The molecule has 1 aliphatic rings. The summed E-state index contributed by atoms with van der Waals surface area (Å²) in [4.78, 5) is 24.6. The molecule has 1 amide bonds. The number of hydrogen-bond donors (Lipinski definition) is 2. The van der Waals surface area contributed by atoms with Crippen molar-refractivity contribution in [3.63, 3.8) is 0 Å². The van der Waals surface area contributed by atoms with Gasteiger partial charge in [0.05, 0.1) is 12.6 Å². The number of halogens is 1. The van der Waals surface area contributed by atoms with Gasteiger partial charge in [0.25, 0.3) is 0 Å². The van der Waals surface area contributed by atoms with Gasteiger partial charge in [-0.05, 0) is 18.1 Å². The van der Waals surface area contributed by atoms with Crippen LogP contribution in [-0.4, -0.2) is 59.6 Å². The van der Waals surface area contributed by atoms with Crippen molar-refractivity contribution in [2.45, 2.75) is 63.4 Å². The van der Waals surface area contributed by atoms with Gasteiger partial charge >= 0.3 is 12.1 Å². The molecule has 0 aromatic rings. The van der Waals surface area contributed by atoms with E-state index >= 15 is 0 Å². The number of carboxylic acid groups (broad SMARTS) is 2. The van der Waals surface area contributed by atoms with E-state index in [1.54, 1.807) is 0 Å². The fraction of sp³-hybridized carbons (Fsp3) is 0.750. The molecule has 0 bridgehead atoms. The molecule has 1 aliphatic heterocycles. The molecule has 138 valence electrons. The monoisotopic (exact) mass is 377 g/mol. The fourth-order valence-corrected chi connectivity index (χ4v) is 4.21. The third kappa shape index (κ3) is 4.13. The Hall–Kier alpha value is -1.05. The highest BCUT2D eigenvalue weighted by molar-refractivity contribution is 6.74. The summed E-state index contributed by atoms with van der Waals surface area (Å²) in [5.41, 5.74) is -1.07. The second kappa shape index (κ2) is 7.05. The summed E-state index contributed by atoms with van der Waals surface area (Å²) in [6.45, 7) is 14.2. The van der Waals surface area contributed by atoms with Crippen LogP contribution < -0.4 is 0 Å². The van der Waals surface area contributed by atoms with Crippen LogP contribution in [0.2, 0.25) is 18.1 Å². The summed E-state index contributed by atoms with van der Waals surface area (Å²) in [5.74, 6) is -1.09. The first-order valence-electron chi connectivity index (χ1n) is 7.91. The first kappa shape index (κ1) is 21.0. The van der Waals surface area contributed by atoms with Crippen LogP contribution >= 0.6 is 11.6 Å². The van der Waals surface area contributed by atoms with Crippen LogP contribution in [0.5, 0.6) is 0 Å². The minimum absolute atomic E-state index is 0.00447. The highest BCUT2D eigenvalue weighted by Gasteiger charge is 2.55. The van der Waals surface area contributed by atoms with Crippen LogP contribution in [0.15, 0.2) is 12.2 Å². The highest BCUT2D eigenvalue weighted by atomic mass is 35.5. The standard InChI is InChI=1S/C16H28ClNO5Si/c1-11(9-17)7-16(13(19)20)8-12(10-18(16)14(21)22)23-24(5,6)15(2,3)4/h12H,1,7-10H2,2-6H3,(H,19,20)(H,21,22)/t12-,16-/m0/s1. The number of alkyl halides is 1. The molecule has 1 heterocycles. The van der Waals surface area contributed by atoms with Crippen LogP contribution in [0, 0.1) is 0 Å². The topological polar surface area (TPSA) is 87.1 Å². The van der Waals surface area contributed by atoms with Crippen molar-refractivity contribution in [1.82, 2.24) is 4.90 Å². The molecule has 0 spiro atoms. The lowest BCUT2D eigenvalue weighted by molar-refractivity contribution is -0.148. The molecule has 8 heteroatoms. The zero-order chi connectivity index (χ0) is 18.9. The third-order valence-electron chi connectivity index (χ3n) is 5.10. The van der Waals surface area contributed by atoms with Crippen molar-refractivity contribution < 1.29 is 24.2 Å². The van der Waals surface area contributed by atoms with Crippen LogP contribution in [-0.2, 0) is 9.22 Å². The minimum atomic E-state index is -2.14. The second-order valence-electron chi connectivity index (χ2n) is 7.99. The minimum Gasteiger partial charge on any atom is -0.479 e. The lowest BCUT2D eigenvalue weighted by Crippen LogP contribution is -2.53. The van der Waals surface area contributed by atoms with E-state index in [2.05, 4.69) is 40.4 Å². The summed E-state index contributed by atoms with van der Waals surface area (Å²) >= 11 is 5.74. The van der Waals surface area contributed by atoms with Gasteiger partial charge in [-0.25, -0.2) is 9.59 Å². The number of amides is 1. The average Bonchev–Trinajstić information content (AvgIpc) is 2.76. The molecule has 0 radical (unpaired) electrons. The maximum Gasteiger partial charge on any atom is 0.408 e. The molecule has 0 aromatic carbocycles. The van der Waals surface area contributed by atoms with E-state index in [4.69, 9.17) is 16.0 Å². The maximum absolute atomic E-state index is 12.0. The average molecular weight is 378 g/mol. The molecular weight excluding hydrogens is 350 g/mol. The number of carbonyl (C=O) groups is 2. The number of nitrogens with zero attached hydrogens (tertiary/aromatic N) is 1. The van der Waals surface area contributed by atoms with Gasteiger partial charge in [0.1, 0.15) is 5.54 Å². The summed E-state index contributed by atoms with van der Waals surface area (Å²) < 4.78 is 6.27. The Bertz CT molecular complexity index is 531. The Balaban J connectivity index is 3.14. The zero-order valence-corrected chi connectivity index (χ0v) is 16.8. The van der Waals surface area contributed by atoms with E-state index in [0.29, 0.717) is 5.57 Å². The van der Waals surface area contributed by atoms with E-state index in [1.807, 2.05) is 0 Å². The van der Waals surface area contributed by atoms with Gasteiger partial charge in [0.2, 0.25) is 0 Å². The Morgan fingerprint density at radius 3 is 2.29 bits per heavy atom. The molecule has 1 saturated heterocycles. The number of hydrogen-bond acceptors (Lipinski definition) is 3. The van der Waals surface area contributed by atoms with Crippen LogP contribution in [0.3, 0.4) is 0 Å². The molecule has 2 N–H and O–H groups in total. The van der Waals surface area contributed by atoms with Crippen molar-refractivity contribution in [2.24, 2.45) is 0 Å². The van der Waals surface area contributed by atoms with Gasteiger partial charge in [-0.3, -0.25) is 4.90 Å². The number of aliphatic carboxylic acids is 1. The van der Waals surface area contributed by atoms with Gasteiger partial charge in [-0.15, -0.1) is 11.6 Å². The van der Waals surface area contributed by atoms with Gasteiger partial charge in [0, 0.05) is 18.7 Å². The molecule has 1 fully saturated rings. The van der Waals surface area contributed by atoms with Crippen molar-refractivity contribution >= 4 is 32.0 Å². The number of rotatable bonds is 6. The van der Waals surface area contributed by atoms with Gasteiger partial charge in [0.15, 0.2) is 8.32 Å².